The first kappa shape index (κ1) is 14.0. The van der Waals surface area contributed by atoms with Gasteiger partial charge in [-0.3, -0.25) is 0 Å². The van der Waals surface area contributed by atoms with Crippen LogP contribution in [-0.4, -0.2) is 47.6 Å². The van der Waals surface area contributed by atoms with E-state index in [9.17, 15) is 9.59 Å². The van der Waals surface area contributed by atoms with E-state index in [2.05, 4.69) is 9.47 Å². The number of hydrogen-bond donors (Lipinski definition) is 2. The molecule has 0 aliphatic heterocycles. The normalized spacial score (nSPS) is 12.8. The van der Waals surface area contributed by atoms with Crippen molar-refractivity contribution < 1.29 is 29.3 Å². The van der Waals surface area contributed by atoms with Crippen LogP contribution >= 0.6 is 0 Å². The van der Waals surface area contributed by atoms with Crippen LogP contribution in [0.15, 0.2) is 0 Å². The summed E-state index contributed by atoms with van der Waals surface area (Å²) in [5.74, 6) is 1.52. The molecule has 0 aliphatic carbocycles. The highest BCUT2D eigenvalue weighted by molar-refractivity contribution is 5.85. The van der Waals surface area contributed by atoms with Gasteiger partial charge in [0.25, 0.3) is 0 Å². The van der Waals surface area contributed by atoms with E-state index in [0.29, 0.717) is 0 Å². The van der Waals surface area contributed by atoms with E-state index in [4.69, 9.17) is 23.1 Å². The van der Waals surface area contributed by atoms with E-state index >= 15 is 0 Å². The van der Waals surface area contributed by atoms with Crippen molar-refractivity contribution >= 4 is 11.9 Å². The van der Waals surface area contributed by atoms with Crippen molar-refractivity contribution in [1.82, 2.24) is 0 Å². The maximum absolute atomic E-state index is 10.9. The summed E-state index contributed by atoms with van der Waals surface area (Å²) >= 11 is 0. The van der Waals surface area contributed by atoms with Crippen LogP contribution < -0.4 is 0 Å². The first-order valence-electron chi connectivity index (χ1n) is 4.11. The average Bonchev–Trinajstić information content (AvgIpc) is 2.30. The molecule has 16 heavy (non-hydrogen) atoms. The van der Waals surface area contributed by atoms with Gasteiger partial charge >= 0.3 is 11.9 Å². The Hall–Kier alpha value is -2.02. The summed E-state index contributed by atoms with van der Waals surface area (Å²) in [7, 11) is 0. The van der Waals surface area contributed by atoms with Crippen molar-refractivity contribution in [3.8, 4) is 24.7 Å². The number of aliphatic hydroxyl groups excluding tert-OH is 2. The van der Waals surface area contributed by atoms with E-state index in [-0.39, 0.29) is 13.2 Å². The summed E-state index contributed by atoms with van der Waals surface area (Å²) in [5.41, 5.74) is 0. The lowest BCUT2D eigenvalue weighted by molar-refractivity contribution is -0.171. The van der Waals surface area contributed by atoms with Crippen molar-refractivity contribution in [2.24, 2.45) is 0 Å². The maximum Gasteiger partial charge on any atom is 0.339 e. The fourth-order valence-corrected chi connectivity index (χ4v) is 0.654. The second kappa shape index (κ2) is 7.30. The van der Waals surface area contributed by atoms with Crippen LogP contribution in [0.4, 0.5) is 0 Å². The topological polar surface area (TPSA) is 93.1 Å². The zero-order chi connectivity index (χ0) is 12.6. The number of terminal acetylenes is 2. The molecule has 0 heterocycles. The third-order valence-electron chi connectivity index (χ3n) is 1.38. The third kappa shape index (κ3) is 4.47. The highest BCUT2D eigenvalue weighted by Gasteiger charge is 2.32. The molecule has 0 amide bonds. The van der Waals surface area contributed by atoms with E-state index < -0.39 is 24.1 Å². The van der Waals surface area contributed by atoms with Crippen LogP contribution in [-0.2, 0) is 19.1 Å². The van der Waals surface area contributed by atoms with Gasteiger partial charge < -0.3 is 19.7 Å². The van der Waals surface area contributed by atoms with Gasteiger partial charge in [-0.2, -0.15) is 0 Å². The van der Waals surface area contributed by atoms with Crippen LogP contribution in [0.1, 0.15) is 0 Å². The Kier molecular flexibility index (Phi) is 6.37. The molecule has 0 bridgehead atoms. The fourth-order valence-electron chi connectivity index (χ4n) is 0.654. The molecule has 0 saturated carbocycles. The number of hydrogen-bond acceptors (Lipinski definition) is 6. The molecule has 0 aromatic heterocycles. The van der Waals surface area contributed by atoms with Crippen molar-refractivity contribution in [2.45, 2.75) is 12.2 Å². The first-order chi connectivity index (χ1) is 7.54. The van der Waals surface area contributed by atoms with Crippen molar-refractivity contribution in [3.05, 3.63) is 0 Å². The Labute approximate surface area is 92.2 Å². The minimum atomic E-state index is -2.06. The van der Waals surface area contributed by atoms with Gasteiger partial charge in [0.2, 0.25) is 0 Å². The predicted octanol–water partition coefficient (Wildman–Crippen LogP) is -1.94. The maximum atomic E-state index is 10.9. The van der Waals surface area contributed by atoms with Gasteiger partial charge in [-0.05, 0) is 0 Å². The lowest BCUT2D eigenvalue weighted by Gasteiger charge is -2.14. The Bertz CT molecular complexity index is 300. The third-order valence-corrected chi connectivity index (χ3v) is 1.38. The van der Waals surface area contributed by atoms with E-state index in [1.54, 1.807) is 0 Å². The van der Waals surface area contributed by atoms with Crippen LogP contribution in [0.3, 0.4) is 0 Å². The molecule has 86 valence electrons. The summed E-state index contributed by atoms with van der Waals surface area (Å²) in [5, 5.41) is 18.3. The van der Waals surface area contributed by atoms with E-state index in [0.717, 1.165) is 0 Å². The molecule has 2 unspecified atom stereocenters. The highest BCUT2D eigenvalue weighted by atomic mass is 16.6. The highest BCUT2D eigenvalue weighted by Crippen LogP contribution is 1.99. The largest absolute Gasteiger partial charge is 0.451 e. The molecule has 0 fully saturated rings. The summed E-state index contributed by atoms with van der Waals surface area (Å²) in [6.07, 6.45) is 5.47. The number of ether oxygens (including phenoxy) is 2. The predicted molar refractivity (Wildman–Crippen MR) is 51.6 cm³/mol. The van der Waals surface area contributed by atoms with Gasteiger partial charge in [-0.25, -0.2) is 9.59 Å². The van der Waals surface area contributed by atoms with Crippen molar-refractivity contribution in [1.29, 1.82) is 0 Å². The molecule has 0 aliphatic rings. The van der Waals surface area contributed by atoms with E-state index in [1.165, 1.54) is 0 Å². The molecule has 0 rings (SSSR count). The molecule has 0 radical (unpaired) electrons. The molecule has 0 aromatic carbocycles. The Morgan fingerprint density at radius 3 is 1.56 bits per heavy atom. The molecule has 2 N–H and O–H groups in total. The molecular formula is C10H10O6. The number of carbonyl (C=O) groups excluding carboxylic acids is 2. The van der Waals surface area contributed by atoms with Gasteiger partial charge in [-0.15, -0.1) is 12.8 Å². The standard InChI is InChI=1S/C10H10O6/c1-3-5-15-9(13)7(11)8(12)10(14)16-6-4-2/h1-2,7-8,11-12H,5-6H2. The van der Waals surface area contributed by atoms with Crippen LogP contribution in [0.5, 0.6) is 0 Å². The fraction of sp³-hybridized carbons (Fsp3) is 0.400. The summed E-state index contributed by atoms with van der Waals surface area (Å²) < 4.78 is 8.59. The molecule has 0 saturated heterocycles. The molecule has 6 nitrogen and oxygen atoms in total. The van der Waals surface area contributed by atoms with Gasteiger partial charge in [0.15, 0.2) is 25.4 Å². The quantitative estimate of drug-likeness (QED) is 0.418. The van der Waals surface area contributed by atoms with Gasteiger partial charge in [0.1, 0.15) is 0 Å². The lowest BCUT2D eigenvalue weighted by Crippen LogP contribution is -2.41. The van der Waals surface area contributed by atoms with Crippen LogP contribution in [0, 0.1) is 24.7 Å². The smallest absolute Gasteiger partial charge is 0.339 e. The van der Waals surface area contributed by atoms with Gasteiger partial charge in [-0.1, -0.05) is 11.8 Å². The second-order valence-electron chi connectivity index (χ2n) is 2.51. The molecule has 6 heteroatoms. The number of esters is 2. The van der Waals surface area contributed by atoms with Crippen molar-refractivity contribution in [2.75, 3.05) is 13.2 Å². The van der Waals surface area contributed by atoms with Crippen LogP contribution in [0.2, 0.25) is 0 Å². The first-order valence-corrected chi connectivity index (χ1v) is 4.11. The summed E-state index contributed by atoms with van der Waals surface area (Å²) in [6, 6.07) is 0. The number of carbonyl (C=O) groups is 2. The monoisotopic (exact) mass is 226 g/mol. The zero-order valence-electron chi connectivity index (χ0n) is 8.25. The average molecular weight is 226 g/mol. The molecule has 0 spiro atoms. The van der Waals surface area contributed by atoms with Crippen molar-refractivity contribution in [3.63, 3.8) is 0 Å². The lowest BCUT2D eigenvalue weighted by atomic mass is 10.2. The molecular weight excluding hydrogens is 216 g/mol. The Morgan fingerprint density at radius 1 is 1.00 bits per heavy atom. The minimum Gasteiger partial charge on any atom is -0.451 e. The Balaban J connectivity index is 4.22. The van der Waals surface area contributed by atoms with E-state index in [1.807, 2.05) is 11.8 Å². The SMILES string of the molecule is C#CCOC(=O)C(O)C(O)C(=O)OCC#C. The van der Waals surface area contributed by atoms with Gasteiger partial charge in [0, 0.05) is 0 Å². The number of aliphatic hydroxyl groups is 2. The minimum absolute atomic E-state index is 0.373. The zero-order valence-corrected chi connectivity index (χ0v) is 8.25. The summed E-state index contributed by atoms with van der Waals surface area (Å²) in [6.45, 7) is -0.746. The number of rotatable bonds is 5. The second-order valence-corrected chi connectivity index (χ2v) is 2.51. The van der Waals surface area contributed by atoms with Crippen LogP contribution in [0.25, 0.3) is 0 Å². The summed E-state index contributed by atoms with van der Waals surface area (Å²) in [4.78, 5) is 21.9. The van der Waals surface area contributed by atoms with Gasteiger partial charge in [0.05, 0.1) is 0 Å². The Morgan fingerprint density at radius 2 is 1.31 bits per heavy atom. The molecule has 2 atom stereocenters. The molecule has 0 aromatic rings.